The highest BCUT2D eigenvalue weighted by molar-refractivity contribution is 6.34. The van der Waals surface area contributed by atoms with E-state index in [0.717, 1.165) is 24.1 Å². The monoisotopic (exact) mass is 366 g/mol. The van der Waals surface area contributed by atoms with Gasteiger partial charge < -0.3 is 5.32 Å². The summed E-state index contributed by atoms with van der Waals surface area (Å²) in [5, 5.41) is 11.0. The van der Waals surface area contributed by atoms with E-state index in [2.05, 4.69) is 33.7 Å². The molecule has 1 heterocycles. The molecule has 26 heavy (non-hydrogen) atoms. The largest absolute Gasteiger partial charge is 0.345 e. The van der Waals surface area contributed by atoms with Gasteiger partial charge in [-0.15, -0.1) is 10.2 Å². The lowest BCUT2D eigenvalue weighted by Gasteiger charge is -2.16. The molecule has 0 saturated carbocycles. The number of rotatable bonds is 4. The number of carbonyl (C=O) groups excluding carboxylic acids is 1. The molecule has 1 unspecified atom stereocenters. The van der Waals surface area contributed by atoms with Crippen LogP contribution in [0.3, 0.4) is 0 Å². The topological polar surface area (TPSA) is 59.8 Å². The summed E-state index contributed by atoms with van der Waals surface area (Å²) in [5.74, 6) is -0.182. The van der Waals surface area contributed by atoms with Crippen molar-refractivity contribution in [3.8, 4) is 5.69 Å². The minimum absolute atomic E-state index is 0.0815. The number of amides is 1. The van der Waals surface area contributed by atoms with Crippen molar-refractivity contribution in [2.24, 2.45) is 0 Å². The molecular formula is C20H19ClN4O. The van der Waals surface area contributed by atoms with Gasteiger partial charge >= 0.3 is 0 Å². The van der Waals surface area contributed by atoms with Gasteiger partial charge in [0.2, 0.25) is 0 Å². The molecule has 0 radical (unpaired) electrons. The van der Waals surface area contributed by atoms with Crippen molar-refractivity contribution in [1.29, 1.82) is 0 Å². The Morgan fingerprint density at radius 1 is 1.12 bits per heavy atom. The van der Waals surface area contributed by atoms with Gasteiger partial charge in [-0.2, -0.15) is 0 Å². The normalized spacial score (nSPS) is 14.1. The van der Waals surface area contributed by atoms with E-state index in [1.54, 1.807) is 29.4 Å². The number of hydrogen-bond acceptors (Lipinski definition) is 3. The number of benzene rings is 2. The van der Waals surface area contributed by atoms with Gasteiger partial charge in [-0.05, 0) is 61.1 Å². The lowest BCUT2D eigenvalue weighted by Crippen LogP contribution is -2.27. The molecule has 1 amide bonds. The Bertz CT molecular complexity index is 952. The predicted octanol–water partition coefficient (Wildman–Crippen LogP) is 3.90. The lowest BCUT2D eigenvalue weighted by molar-refractivity contribution is 0.0940. The van der Waals surface area contributed by atoms with Crippen LogP contribution in [-0.4, -0.2) is 20.7 Å². The van der Waals surface area contributed by atoms with E-state index >= 15 is 0 Å². The zero-order valence-electron chi connectivity index (χ0n) is 14.4. The average molecular weight is 367 g/mol. The standard InChI is InChI=1S/C20H19ClN4O/c1-13(15-6-5-14-3-2-4-16(14)9-15)24-20(26)18-8-7-17(10-19(18)21)25-11-22-23-12-25/h5-13H,2-4H2,1H3,(H,24,26). The zero-order chi connectivity index (χ0) is 18.1. The summed E-state index contributed by atoms with van der Waals surface area (Å²) in [6, 6.07) is 11.7. The second-order valence-corrected chi connectivity index (χ2v) is 7.02. The van der Waals surface area contributed by atoms with Crippen molar-refractivity contribution in [2.75, 3.05) is 0 Å². The summed E-state index contributed by atoms with van der Waals surface area (Å²) in [5.41, 5.74) is 5.22. The predicted molar refractivity (Wildman–Crippen MR) is 101 cm³/mol. The molecule has 1 aromatic heterocycles. The molecule has 0 saturated heterocycles. The number of nitrogens with zero attached hydrogens (tertiary/aromatic N) is 3. The minimum Gasteiger partial charge on any atom is -0.345 e. The van der Waals surface area contributed by atoms with Crippen LogP contribution in [0, 0.1) is 0 Å². The van der Waals surface area contributed by atoms with Crippen molar-refractivity contribution >= 4 is 17.5 Å². The van der Waals surface area contributed by atoms with Crippen molar-refractivity contribution in [2.45, 2.75) is 32.2 Å². The van der Waals surface area contributed by atoms with E-state index in [4.69, 9.17) is 11.6 Å². The number of hydrogen-bond donors (Lipinski definition) is 1. The highest BCUT2D eigenvalue weighted by Crippen LogP contribution is 2.26. The third kappa shape index (κ3) is 3.22. The smallest absolute Gasteiger partial charge is 0.253 e. The first-order valence-corrected chi connectivity index (χ1v) is 9.07. The van der Waals surface area contributed by atoms with E-state index < -0.39 is 0 Å². The first-order valence-electron chi connectivity index (χ1n) is 8.69. The van der Waals surface area contributed by atoms with Crippen LogP contribution in [0.5, 0.6) is 0 Å². The highest BCUT2D eigenvalue weighted by Gasteiger charge is 2.17. The first-order chi connectivity index (χ1) is 12.6. The molecule has 3 aromatic rings. The van der Waals surface area contributed by atoms with Gasteiger partial charge in [-0.3, -0.25) is 9.36 Å². The van der Waals surface area contributed by atoms with Gasteiger partial charge in [0.15, 0.2) is 0 Å². The maximum Gasteiger partial charge on any atom is 0.253 e. The molecule has 0 fully saturated rings. The fraction of sp³-hybridized carbons (Fsp3) is 0.250. The summed E-state index contributed by atoms with van der Waals surface area (Å²) in [4.78, 5) is 12.7. The summed E-state index contributed by atoms with van der Waals surface area (Å²) in [6.45, 7) is 1.99. The van der Waals surface area contributed by atoms with E-state index in [1.165, 1.54) is 17.5 Å². The fourth-order valence-electron chi connectivity index (χ4n) is 3.40. The third-order valence-electron chi connectivity index (χ3n) is 4.88. The summed E-state index contributed by atoms with van der Waals surface area (Å²) in [7, 11) is 0. The molecule has 1 N–H and O–H groups in total. The number of halogens is 1. The van der Waals surface area contributed by atoms with Crippen molar-refractivity contribution in [3.63, 3.8) is 0 Å². The molecule has 1 aliphatic carbocycles. The Hall–Kier alpha value is -2.66. The van der Waals surface area contributed by atoms with Crippen molar-refractivity contribution < 1.29 is 4.79 Å². The van der Waals surface area contributed by atoms with E-state index in [0.29, 0.717) is 10.6 Å². The van der Waals surface area contributed by atoms with Crippen LogP contribution >= 0.6 is 11.6 Å². The van der Waals surface area contributed by atoms with Crippen LogP contribution in [0.4, 0.5) is 0 Å². The summed E-state index contributed by atoms with van der Waals surface area (Å²) in [6.07, 6.45) is 6.67. The molecular weight excluding hydrogens is 348 g/mol. The van der Waals surface area contributed by atoms with Crippen LogP contribution in [0.2, 0.25) is 5.02 Å². The van der Waals surface area contributed by atoms with E-state index in [1.807, 2.05) is 13.0 Å². The second kappa shape index (κ2) is 6.92. The molecule has 4 rings (SSSR count). The number of aryl methyl sites for hydroxylation is 2. The van der Waals surface area contributed by atoms with Crippen molar-refractivity contribution in [3.05, 3.63) is 76.3 Å². The van der Waals surface area contributed by atoms with Crippen LogP contribution in [0.1, 0.15) is 46.4 Å². The number of aromatic nitrogens is 3. The lowest BCUT2D eigenvalue weighted by atomic mass is 10.0. The Labute approximate surface area is 157 Å². The van der Waals surface area contributed by atoms with E-state index in [-0.39, 0.29) is 11.9 Å². The molecule has 0 spiro atoms. The molecule has 0 aliphatic heterocycles. The van der Waals surface area contributed by atoms with Crippen LogP contribution in [0.15, 0.2) is 49.1 Å². The van der Waals surface area contributed by atoms with Gasteiger partial charge in [0.05, 0.1) is 16.6 Å². The molecule has 0 bridgehead atoms. The summed E-state index contributed by atoms with van der Waals surface area (Å²) >= 11 is 6.33. The third-order valence-corrected chi connectivity index (χ3v) is 5.20. The van der Waals surface area contributed by atoms with Crippen LogP contribution < -0.4 is 5.32 Å². The van der Waals surface area contributed by atoms with Crippen LogP contribution in [-0.2, 0) is 12.8 Å². The average Bonchev–Trinajstić information content (AvgIpc) is 3.32. The van der Waals surface area contributed by atoms with Gasteiger partial charge in [-0.1, -0.05) is 29.8 Å². The Balaban J connectivity index is 1.51. The fourth-order valence-corrected chi connectivity index (χ4v) is 3.66. The quantitative estimate of drug-likeness (QED) is 0.761. The highest BCUT2D eigenvalue weighted by atomic mass is 35.5. The number of nitrogens with one attached hydrogen (secondary N) is 1. The molecule has 6 heteroatoms. The zero-order valence-corrected chi connectivity index (χ0v) is 15.2. The second-order valence-electron chi connectivity index (χ2n) is 6.61. The Morgan fingerprint density at radius 2 is 1.88 bits per heavy atom. The van der Waals surface area contributed by atoms with Gasteiger partial charge in [0, 0.05) is 5.69 Å². The van der Waals surface area contributed by atoms with Crippen LogP contribution in [0.25, 0.3) is 5.69 Å². The van der Waals surface area contributed by atoms with Gasteiger partial charge in [-0.25, -0.2) is 0 Å². The molecule has 1 atom stereocenters. The SMILES string of the molecule is CC(NC(=O)c1ccc(-n2cnnc2)cc1Cl)c1ccc2c(c1)CCC2. The maximum absolute atomic E-state index is 12.7. The van der Waals surface area contributed by atoms with Gasteiger partial charge in [0.1, 0.15) is 12.7 Å². The molecule has 5 nitrogen and oxygen atoms in total. The first kappa shape index (κ1) is 16.8. The Kier molecular flexibility index (Phi) is 4.47. The molecule has 132 valence electrons. The number of fused-ring (bicyclic) bond motifs is 1. The van der Waals surface area contributed by atoms with Gasteiger partial charge in [0.25, 0.3) is 5.91 Å². The van der Waals surface area contributed by atoms with Crippen molar-refractivity contribution in [1.82, 2.24) is 20.1 Å². The maximum atomic E-state index is 12.7. The molecule has 1 aliphatic rings. The van der Waals surface area contributed by atoms with E-state index in [9.17, 15) is 4.79 Å². The minimum atomic E-state index is -0.182. The summed E-state index contributed by atoms with van der Waals surface area (Å²) < 4.78 is 1.74. The Morgan fingerprint density at radius 3 is 2.65 bits per heavy atom. The number of carbonyl (C=O) groups is 1. The molecule has 2 aromatic carbocycles.